The summed E-state index contributed by atoms with van der Waals surface area (Å²) < 4.78 is 0. The molecule has 0 aliphatic carbocycles. The van der Waals surface area contributed by atoms with Crippen LogP contribution in [0.4, 0.5) is 0 Å². The Hall–Kier alpha value is -2.12. The van der Waals surface area contributed by atoms with E-state index < -0.39 is 5.41 Å². The average molecular weight is 376 g/mol. The minimum Gasteiger partial charge on any atom is -0.508 e. The molecule has 0 amide bonds. The third-order valence-corrected chi connectivity index (χ3v) is 5.39. The molecule has 6 heteroatoms. The number of phenolic OH excluding ortho intramolecular Hbond substituents is 2. The van der Waals surface area contributed by atoms with Crippen LogP contribution < -0.4 is 0 Å². The first-order valence-electron chi connectivity index (χ1n) is 9.06. The molecule has 0 aliphatic rings. The second-order valence-corrected chi connectivity index (χ2v) is 6.72. The zero-order valence-corrected chi connectivity index (χ0v) is 15.7. The molecule has 0 saturated carbocycles. The van der Waals surface area contributed by atoms with Crippen molar-refractivity contribution in [2.75, 3.05) is 0 Å². The third kappa shape index (κ3) is 3.66. The summed E-state index contributed by atoms with van der Waals surface area (Å²) in [4.78, 5) is 0. The van der Waals surface area contributed by atoms with Crippen molar-refractivity contribution in [2.45, 2.75) is 58.5 Å². The van der Waals surface area contributed by atoms with Crippen molar-refractivity contribution in [3.05, 3.63) is 57.6 Å². The number of aliphatic hydroxyl groups is 4. The molecular formula is C21H28O6. The predicted octanol–water partition coefficient (Wildman–Crippen LogP) is 2.17. The van der Waals surface area contributed by atoms with Crippen LogP contribution in [0.1, 0.15) is 60.1 Å². The van der Waals surface area contributed by atoms with Crippen molar-refractivity contribution in [1.29, 1.82) is 0 Å². The van der Waals surface area contributed by atoms with Gasteiger partial charge in [0, 0.05) is 16.5 Å². The molecule has 2 rings (SSSR count). The third-order valence-electron chi connectivity index (χ3n) is 5.39. The van der Waals surface area contributed by atoms with Gasteiger partial charge < -0.3 is 30.6 Å². The first-order valence-corrected chi connectivity index (χ1v) is 9.06. The summed E-state index contributed by atoms with van der Waals surface area (Å²) in [5.74, 6) is -0.160. The van der Waals surface area contributed by atoms with Crippen molar-refractivity contribution >= 4 is 0 Å². The van der Waals surface area contributed by atoms with Crippen LogP contribution in [0.25, 0.3) is 0 Å². The fraction of sp³-hybridized carbons (Fsp3) is 0.429. The average Bonchev–Trinajstić information content (AvgIpc) is 2.69. The highest BCUT2D eigenvalue weighted by Crippen LogP contribution is 2.49. The Bertz CT molecular complexity index is 732. The smallest absolute Gasteiger partial charge is 0.120 e. The van der Waals surface area contributed by atoms with E-state index in [2.05, 4.69) is 0 Å². The van der Waals surface area contributed by atoms with E-state index in [1.54, 1.807) is 12.1 Å². The standard InChI is InChI=1S/C21H28O6/c1-3-21(4-2,19-15(11-24)5-13(9-22)7-17(19)26)20-16(12-25)6-14(10-23)8-18(20)27/h5-8,22-27H,3-4,9-12H2,1-2H3. The second kappa shape index (κ2) is 8.71. The van der Waals surface area contributed by atoms with Crippen LogP contribution in [-0.2, 0) is 31.8 Å². The van der Waals surface area contributed by atoms with Crippen LogP contribution >= 0.6 is 0 Å². The van der Waals surface area contributed by atoms with Crippen LogP contribution in [0.15, 0.2) is 24.3 Å². The molecule has 6 N–H and O–H groups in total. The summed E-state index contributed by atoms with van der Waals surface area (Å²) in [5.41, 5.74) is 1.93. The molecule has 0 radical (unpaired) electrons. The van der Waals surface area contributed by atoms with E-state index >= 15 is 0 Å². The Morgan fingerprint density at radius 1 is 0.630 bits per heavy atom. The molecule has 148 valence electrons. The van der Waals surface area contributed by atoms with Crippen LogP contribution in [0.5, 0.6) is 11.5 Å². The van der Waals surface area contributed by atoms with Crippen molar-refractivity contribution < 1.29 is 30.6 Å². The van der Waals surface area contributed by atoms with Gasteiger partial charge in [0.25, 0.3) is 0 Å². The van der Waals surface area contributed by atoms with E-state index in [0.717, 1.165) is 0 Å². The largest absolute Gasteiger partial charge is 0.508 e. The van der Waals surface area contributed by atoms with Crippen molar-refractivity contribution in [3.8, 4) is 11.5 Å². The van der Waals surface area contributed by atoms with Gasteiger partial charge in [-0.15, -0.1) is 0 Å². The number of aliphatic hydroxyl groups excluding tert-OH is 4. The molecule has 2 aromatic carbocycles. The zero-order chi connectivity index (χ0) is 20.2. The monoisotopic (exact) mass is 376 g/mol. The quantitative estimate of drug-likeness (QED) is 0.420. The van der Waals surface area contributed by atoms with Gasteiger partial charge in [-0.25, -0.2) is 0 Å². The number of hydrogen-bond acceptors (Lipinski definition) is 6. The van der Waals surface area contributed by atoms with Crippen LogP contribution in [0.2, 0.25) is 0 Å². The van der Waals surface area contributed by atoms with Gasteiger partial charge in [0.1, 0.15) is 11.5 Å². The maximum atomic E-state index is 10.7. The summed E-state index contributed by atoms with van der Waals surface area (Å²) >= 11 is 0. The van der Waals surface area contributed by atoms with Gasteiger partial charge in [0.15, 0.2) is 0 Å². The molecular weight excluding hydrogens is 348 g/mol. The number of aromatic hydroxyl groups is 2. The van der Waals surface area contributed by atoms with Gasteiger partial charge in [-0.3, -0.25) is 0 Å². The Morgan fingerprint density at radius 3 is 1.26 bits per heavy atom. The Kier molecular flexibility index (Phi) is 6.84. The number of hydrogen-bond donors (Lipinski definition) is 6. The van der Waals surface area contributed by atoms with Gasteiger partial charge >= 0.3 is 0 Å². The number of phenols is 2. The lowest BCUT2D eigenvalue weighted by Gasteiger charge is -2.37. The lowest BCUT2D eigenvalue weighted by molar-refractivity contribution is 0.264. The van der Waals surface area contributed by atoms with Crippen LogP contribution in [0, 0.1) is 0 Å². The summed E-state index contributed by atoms with van der Waals surface area (Å²) in [5, 5.41) is 60.1. The summed E-state index contributed by atoms with van der Waals surface area (Å²) in [6.45, 7) is 2.58. The van der Waals surface area contributed by atoms with Crippen molar-refractivity contribution in [1.82, 2.24) is 0 Å². The highest BCUT2D eigenvalue weighted by atomic mass is 16.3. The van der Waals surface area contributed by atoms with Gasteiger partial charge in [-0.05, 0) is 47.2 Å². The van der Waals surface area contributed by atoms with Gasteiger partial charge in [0.05, 0.1) is 26.4 Å². The minimum atomic E-state index is -0.869. The molecule has 6 nitrogen and oxygen atoms in total. The fourth-order valence-corrected chi connectivity index (χ4v) is 4.12. The van der Waals surface area contributed by atoms with Crippen molar-refractivity contribution in [2.24, 2.45) is 0 Å². The summed E-state index contributed by atoms with van der Waals surface area (Å²) in [7, 11) is 0. The zero-order valence-electron chi connectivity index (χ0n) is 15.7. The lowest BCUT2D eigenvalue weighted by Crippen LogP contribution is -2.30. The Morgan fingerprint density at radius 2 is 1.00 bits per heavy atom. The van der Waals surface area contributed by atoms with Gasteiger partial charge in [-0.2, -0.15) is 0 Å². The number of rotatable bonds is 8. The molecule has 0 fully saturated rings. The molecule has 0 bridgehead atoms. The summed E-state index contributed by atoms with van der Waals surface area (Å²) in [6.07, 6.45) is 0.975. The molecule has 0 spiro atoms. The molecule has 0 aliphatic heterocycles. The molecule has 2 aromatic rings. The maximum Gasteiger partial charge on any atom is 0.120 e. The fourth-order valence-electron chi connectivity index (χ4n) is 4.12. The Balaban J connectivity index is 2.89. The lowest BCUT2D eigenvalue weighted by atomic mass is 9.66. The van der Waals surface area contributed by atoms with E-state index in [-0.39, 0.29) is 37.9 Å². The first kappa shape index (κ1) is 21.2. The van der Waals surface area contributed by atoms with E-state index in [9.17, 15) is 30.6 Å². The van der Waals surface area contributed by atoms with Crippen LogP contribution in [-0.4, -0.2) is 30.6 Å². The molecule has 0 heterocycles. The topological polar surface area (TPSA) is 121 Å². The molecule has 0 saturated heterocycles. The molecule has 0 atom stereocenters. The Labute approximate surface area is 159 Å². The second-order valence-electron chi connectivity index (χ2n) is 6.72. The first-order chi connectivity index (χ1) is 12.9. The van der Waals surface area contributed by atoms with E-state index in [1.807, 2.05) is 13.8 Å². The SMILES string of the molecule is CCC(CC)(c1c(O)cc(CO)cc1CO)c1c(O)cc(CO)cc1CO. The minimum absolute atomic E-state index is 0.0798. The normalized spacial score (nSPS) is 11.8. The molecule has 0 unspecified atom stereocenters. The van der Waals surface area contributed by atoms with Crippen LogP contribution in [0.3, 0.4) is 0 Å². The maximum absolute atomic E-state index is 10.7. The number of benzene rings is 2. The highest BCUT2D eigenvalue weighted by Gasteiger charge is 2.39. The highest BCUT2D eigenvalue weighted by molar-refractivity contribution is 5.58. The molecule has 27 heavy (non-hydrogen) atoms. The summed E-state index contributed by atoms with van der Waals surface area (Å²) in [6, 6.07) is 6.17. The molecule has 0 aromatic heterocycles. The van der Waals surface area contributed by atoms with Crippen molar-refractivity contribution in [3.63, 3.8) is 0 Å². The van der Waals surface area contributed by atoms with E-state index in [4.69, 9.17) is 0 Å². The van der Waals surface area contributed by atoms with Gasteiger partial charge in [0.2, 0.25) is 0 Å². The van der Waals surface area contributed by atoms with E-state index in [0.29, 0.717) is 46.2 Å². The predicted molar refractivity (Wildman–Crippen MR) is 101 cm³/mol. The van der Waals surface area contributed by atoms with Gasteiger partial charge in [-0.1, -0.05) is 26.0 Å². The van der Waals surface area contributed by atoms with E-state index in [1.165, 1.54) is 12.1 Å².